The van der Waals surface area contributed by atoms with E-state index in [1.54, 1.807) is 0 Å². The van der Waals surface area contributed by atoms with E-state index in [-0.39, 0.29) is 23.5 Å². The van der Waals surface area contributed by atoms with Gasteiger partial charge in [0, 0.05) is 16.7 Å². The number of carbonyl (C=O) groups is 1. The van der Waals surface area contributed by atoms with Gasteiger partial charge in [0.05, 0.1) is 41.1 Å². The highest BCUT2D eigenvalue weighted by atomic mass is 32.2. The normalized spacial score (nSPS) is 17.8. The highest BCUT2D eigenvalue weighted by Crippen LogP contribution is 2.40. The number of fused-ring (bicyclic) bond motifs is 3. The third kappa shape index (κ3) is 6.89. The maximum absolute atomic E-state index is 13.3. The molecule has 1 heterocycles. The zero-order valence-corrected chi connectivity index (χ0v) is 24.7. The van der Waals surface area contributed by atoms with E-state index in [0.717, 1.165) is 46.5 Å². The topological polar surface area (TPSA) is 76.0 Å². The molecule has 7 heteroatoms. The maximum atomic E-state index is 13.3. The van der Waals surface area contributed by atoms with E-state index in [1.165, 1.54) is 38.5 Å². The number of ether oxygens (including phenoxy) is 1. The number of benzene rings is 3. The summed E-state index contributed by atoms with van der Waals surface area (Å²) in [6, 6.07) is 23.1. The molecule has 1 atom stereocenters. The van der Waals surface area contributed by atoms with Crippen LogP contribution in [0.3, 0.4) is 0 Å². The van der Waals surface area contributed by atoms with Crippen molar-refractivity contribution in [3.8, 4) is 11.1 Å². The van der Waals surface area contributed by atoms with E-state index >= 15 is 0 Å². The molecule has 216 valence electrons. The average Bonchev–Trinajstić information content (AvgIpc) is 3.51. The van der Waals surface area contributed by atoms with Crippen molar-refractivity contribution in [2.24, 2.45) is 5.10 Å². The first-order valence-electron chi connectivity index (χ1n) is 15.0. The number of rotatable bonds is 13. The fourth-order valence-electron chi connectivity index (χ4n) is 5.86. The van der Waals surface area contributed by atoms with Gasteiger partial charge < -0.3 is 4.74 Å². The van der Waals surface area contributed by atoms with Gasteiger partial charge in [-0.2, -0.15) is 5.10 Å². The Morgan fingerprint density at radius 3 is 2.20 bits per heavy atom. The van der Waals surface area contributed by atoms with Crippen molar-refractivity contribution in [1.29, 1.82) is 0 Å². The molecule has 0 spiro atoms. The van der Waals surface area contributed by atoms with Crippen LogP contribution in [0.4, 0.5) is 5.69 Å². The smallest absolute Gasteiger partial charge is 0.338 e. The van der Waals surface area contributed by atoms with Gasteiger partial charge in [0.15, 0.2) is 9.84 Å². The van der Waals surface area contributed by atoms with Gasteiger partial charge in [0.1, 0.15) is 0 Å². The predicted octanol–water partition coefficient (Wildman–Crippen LogP) is 7.41. The van der Waals surface area contributed by atoms with Crippen molar-refractivity contribution in [3.63, 3.8) is 0 Å². The highest BCUT2D eigenvalue weighted by Gasteiger charge is 2.35. The molecule has 0 radical (unpaired) electrons. The summed E-state index contributed by atoms with van der Waals surface area (Å²) in [7, 11) is -3.11. The number of sulfone groups is 1. The first-order chi connectivity index (χ1) is 20.0. The number of anilines is 1. The van der Waals surface area contributed by atoms with Crippen LogP contribution in [-0.2, 0) is 14.6 Å². The Bertz CT molecular complexity index is 1480. The van der Waals surface area contributed by atoms with Crippen molar-refractivity contribution < 1.29 is 17.9 Å². The van der Waals surface area contributed by atoms with Crippen molar-refractivity contribution in [3.05, 3.63) is 89.5 Å². The summed E-state index contributed by atoms with van der Waals surface area (Å²) in [6.07, 6.45) is 10.0. The molecule has 1 aliphatic heterocycles. The SMILES string of the molecule is CCCCCCCCCCOC(=O)c1cccc2c1-c1ccccc1C2=NN(c1ccccc1)C1CCS(=O)(=O)C1. The molecule has 41 heavy (non-hydrogen) atoms. The van der Waals surface area contributed by atoms with Crippen molar-refractivity contribution in [2.75, 3.05) is 23.1 Å². The van der Waals surface area contributed by atoms with Gasteiger partial charge in [-0.3, -0.25) is 5.01 Å². The molecule has 1 aliphatic carbocycles. The lowest BCUT2D eigenvalue weighted by molar-refractivity contribution is 0.0498. The molecule has 0 saturated carbocycles. The first-order valence-corrected chi connectivity index (χ1v) is 16.8. The van der Waals surface area contributed by atoms with E-state index in [0.29, 0.717) is 18.6 Å². The Balaban J connectivity index is 1.39. The van der Waals surface area contributed by atoms with E-state index in [1.807, 2.05) is 77.8 Å². The molecule has 0 N–H and O–H groups in total. The molecule has 0 amide bonds. The molecule has 1 saturated heterocycles. The van der Waals surface area contributed by atoms with Gasteiger partial charge in [-0.1, -0.05) is 106 Å². The van der Waals surface area contributed by atoms with Crippen LogP contribution >= 0.6 is 0 Å². The fourth-order valence-corrected chi connectivity index (χ4v) is 7.55. The lowest BCUT2D eigenvalue weighted by Crippen LogP contribution is -2.33. The number of para-hydroxylation sites is 1. The Hall–Kier alpha value is -3.45. The third-order valence-electron chi connectivity index (χ3n) is 8.00. The second-order valence-corrected chi connectivity index (χ2v) is 13.3. The molecule has 0 aromatic heterocycles. The quantitative estimate of drug-likeness (QED) is 0.0947. The Labute approximate surface area is 244 Å². The first kappa shape index (κ1) is 29.1. The van der Waals surface area contributed by atoms with Gasteiger partial charge in [-0.05, 0) is 36.6 Å². The summed E-state index contributed by atoms with van der Waals surface area (Å²) in [5.41, 5.74) is 5.66. The largest absolute Gasteiger partial charge is 0.462 e. The minimum atomic E-state index is -3.11. The van der Waals surface area contributed by atoms with Gasteiger partial charge >= 0.3 is 5.97 Å². The van der Waals surface area contributed by atoms with E-state index in [2.05, 4.69) is 6.92 Å². The number of hydrogen-bond donors (Lipinski definition) is 0. The summed E-state index contributed by atoms with van der Waals surface area (Å²) >= 11 is 0. The monoisotopic (exact) mass is 572 g/mol. The van der Waals surface area contributed by atoms with Crippen LogP contribution in [0.15, 0.2) is 77.9 Å². The molecule has 3 aromatic rings. The molecule has 2 aliphatic rings. The number of unbranched alkanes of at least 4 members (excludes halogenated alkanes) is 7. The van der Waals surface area contributed by atoms with Crippen LogP contribution < -0.4 is 5.01 Å². The lowest BCUT2D eigenvalue weighted by atomic mass is 9.99. The molecule has 0 bridgehead atoms. The molecule has 1 fully saturated rings. The molecule has 1 unspecified atom stereocenters. The Morgan fingerprint density at radius 2 is 1.49 bits per heavy atom. The summed E-state index contributed by atoms with van der Waals surface area (Å²) < 4.78 is 30.6. The number of hydrogen-bond acceptors (Lipinski definition) is 6. The molecule has 5 rings (SSSR count). The Morgan fingerprint density at radius 1 is 0.829 bits per heavy atom. The average molecular weight is 573 g/mol. The van der Waals surface area contributed by atoms with Crippen LogP contribution in [0.1, 0.15) is 86.2 Å². The molecule has 3 aromatic carbocycles. The zero-order chi connectivity index (χ0) is 28.7. The van der Waals surface area contributed by atoms with Crippen LogP contribution in [0.2, 0.25) is 0 Å². The summed E-state index contributed by atoms with van der Waals surface area (Å²) in [5, 5.41) is 6.99. The van der Waals surface area contributed by atoms with Crippen LogP contribution in [0.25, 0.3) is 11.1 Å². The fraction of sp³-hybridized carbons (Fsp3) is 0.412. The van der Waals surface area contributed by atoms with Gasteiger partial charge in [-0.25, -0.2) is 13.2 Å². The maximum Gasteiger partial charge on any atom is 0.338 e. The standard InChI is InChI=1S/C34H40N2O4S/c1-2-3-4-5-6-7-8-14-23-40-34(37)31-21-15-20-30-32(31)28-18-12-13-19-29(28)33(30)35-36(26-16-10-9-11-17-26)27-22-24-41(38,39)25-27/h9-13,15-21,27H,2-8,14,22-25H2,1H3. The minimum Gasteiger partial charge on any atom is -0.462 e. The molecular weight excluding hydrogens is 532 g/mol. The summed E-state index contributed by atoms with van der Waals surface area (Å²) in [4.78, 5) is 13.3. The van der Waals surface area contributed by atoms with Crippen LogP contribution in [0, 0.1) is 0 Å². The number of nitrogens with zero attached hydrogens (tertiary/aromatic N) is 2. The number of carbonyl (C=O) groups excluding carboxylic acids is 1. The van der Waals surface area contributed by atoms with Crippen molar-refractivity contribution in [1.82, 2.24) is 0 Å². The Kier molecular flexibility index (Phi) is 9.55. The molecular formula is C34H40N2O4S. The van der Waals surface area contributed by atoms with E-state index in [4.69, 9.17) is 9.84 Å². The van der Waals surface area contributed by atoms with Gasteiger partial charge in [-0.15, -0.1) is 0 Å². The third-order valence-corrected chi connectivity index (χ3v) is 9.76. The predicted molar refractivity (Wildman–Crippen MR) is 166 cm³/mol. The highest BCUT2D eigenvalue weighted by molar-refractivity contribution is 7.91. The number of esters is 1. The lowest BCUT2D eigenvalue weighted by Gasteiger charge is -2.26. The second kappa shape index (κ2) is 13.5. The van der Waals surface area contributed by atoms with Crippen LogP contribution in [-0.4, -0.2) is 44.3 Å². The second-order valence-electron chi connectivity index (χ2n) is 11.1. The van der Waals surface area contributed by atoms with Crippen LogP contribution in [0.5, 0.6) is 0 Å². The van der Waals surface area contributed by atoms with E-state index < -0.39 is 9.84 Å². The van der Waals surface area contributed by atoms with Crippen molar-refractivity contribution >= 4 is 27.2 Å². The van der Waals surface area contributed by atoms with Gasteiger partial charge in [0.2, 0.25) is 0 Å². The van der Waals surface area contributed by atoms with E-state index in [9.17, 15) is 13.2 Å². The van der Waals surface area contributed by atoms with Gasteiger partial charge in [0.25, 0.3) is 0 Å². The summed E-state index contributed by atoms with van der Waals surface area (Å²) in [6.45, 7) is 2.64. The molecule has 6 nitrogen and oxygen atoms in total. The minimum absolute atomic E-state index is 0.0677. The number of hydrazone groups is 1. The zero-order valence-electron chi connectivity index (χ0n) is 23.9. The summed E-state index contributed by atoms with van der Waals surface area (Å²) in [5.74, 6) is -0.0887. The van der Waals surface area contributed by atoms with Crippen molar-refractivity contribution in [2.45, 2.75) is 70.8 Å².